The second kappa shape index (κ2) is 5.87. The van der Waals surface area contributed by atoms with Gasteiger partial charge in [0.05, 0.1) is 24.2 Å². The Kier molecular flexibility index (Phi) is 4.19. The molecule has 106 valence electrons. The highest BCUT2D eigenvalue weighted by Gasteiger charge is 2.14. The third-order valence-corrected chi connectivity index (χ3v) is 3.87. The van der Waals surface area contributed by atoms with E-state index in [0.717, 1.165) is 22.7 Å². The van der Waals surface area contributed by atoms with E-state index < -0.39 is 5.97 Å². The summed E-state index contributed by atoms with van der Waals surface area (Å²) in [6, 6.07) is 5.10. The molecule has 0 aliphatic heterocycles. The van der Waals surface area contributed by atoms with Crippen LogP contribution >= 0.6 is 11.3 Å². The highest BCUT2D eigenvalue weighted by molar-refractivity contribution is 7.15. The fourth-order valence-corrected chi connectivity index (χ4v) is 2.49. The zero-order chi connectivity index (χ0) is 14.7. The number of nitrogens with zero attached hydrogens (tertiary/aromatic N) is 2. The fourth-order valence-electron chi connectivity index (χ4n) is 1.65. The maximum Gasteiger partial charge on any atom is 0.348 e. The van der Waals surface area contributed by atoms with Crippen molar-refractivity contribution in [2.75, 3.05) is 7.11 Å². The van der Waals surface area contributed by atoms with Crippen molar-refractivity contribution in [3.05, 3.63) is 39.3 Å². The van der Waals surface area contributed by atoms with E-state index in [1.165, 1.54) is 7.11 Å². The van der Waals surface area contributed by atoms with Crippen molar-refractivity contribution < 1.29 is 14.3 Å². The number of thiophene rings is 1. The normalized spacial score (nSPS) is 10.3. The maximum atomic E-state index is 11.9. The SMILES string of the molecule is COC(=O)c1ccc(C(=O)NCc2cc(C)n(C)n2)s1. The number of methoxy groups -OCH3 is 1. The number of hydrogen-bond acceptors (Lipinski definition) is 5. The highest BCUT2D eigenvalue weighted by atomic mass is 32.1. The molecule has 0 unspecified atom stereocenters. The van der Waals surface area contributed by atoms with Crippen LogP contribution in [-0.2, 0) is 18.3 Å². The van der Waals surface area contributed by atoms with Crippen LogP contribution in [0.25, 0.3) is 0 Å². The minimum atomic E-state index is -0.436. The first kappa shape index (κ1) is 14.3. The van der Waals surface area contributed by atoms with Gasteiger partial charge in [0.15, 0.2) is 0 Å². The van der Waals surface area contributed by atoms with Gasteiger partial charge in [0.2, 0.25) is 0 Å². The molecule has 2 rings (SSSR count). The lowest BCUT2D eigenvalue weighted by molar-refractivity contribution is 0.0606. The van der Waals surface area contributed by atoms with Crippen LogP contribution in [0.3, 0.4) is 0 Å². The average Bonchev–Trinajstić information content (AvgIpc) is 3.03. The fraction of sp³-hybridized carbons (Fsp3) is 0.308. The summed E-state index contributed by atoms with van der Waals surface area (Å²) in [5.74, 6) is -0.664. The van der Waals surface area contributed by atoms with Gasteiger partial charge < -0.3 is 10.1 Å². The van der Waals surface area contributed by atoms with Crippen LogP contribution in [0.2, 0.25) is 0 Å². The zero-order valence-electron chi connectivity index (χ0n) is 11.5. The Balaban J connectivity index is 1.98. The second-order valence-electron chi connectivity index (χ2n) is 4.24. The van der Waals surface area contributed by atoms with Crippen LogP contribution in [0.1, 0.15) is 30.7 Å². The summed E-state index contributed by atoms with van der Waals surface area (Å²) in [5, 5.41) is 7.02. The standard InChI is InChI=1S/C13H15N3O3S/c1-8-6-9(15-16(8)2)7-14-12(17)10-4-5-11(20-10)13(18)19-3/h4-6H,7H2,1-3H3,(H,14,17). The maximum absolute atomic E-state index is 11.9. The molecule has 2 heterocycles. The molecule has 0 fully saturated rings. The summed E-state index contributed by atoms with van der Waals surface area (Å²) in [4.78, 5) is 24.1. The number of carbonyl (C=O) groups excluding carboxylic acids is 2. The Bertz CT molecular complexity index is 626. The van der Waals surface area contributed by atoms with Crippen LogP contribution < -0.4 is 5.32 Å². The molecular formula is C13H15N3O3S. The summed E-state index contributed by atoms with van der Waals surface area (Å²) in [5.41, 5.74) is 1.82. The van der Waals surface area contributed by atoms with Crippen molar-refractivity contribution in [3.63, 3.8) is 0 Å². The molecule has 0 saturated heterocycles. The number of carbonyl (C=O) groups is 2. The number of aromatic nitrogens is 2. The molecule has 0 aliphatic rings. The highest BCUT2D eigenvalue weighted by Crippen LogP contribution is 2.17. The predicted octanol–water partition coefficient (Wildman–Crippen LogP) is 1.51. The zero-order valence-corrected chi connectivity index (χ0v) is 12.3. The van der Waals surface area contributed by atoms with Gasteiger partial charge in [0.25, 0.3) is 5.91 Å². The van der Waals surface area contributed by atoms with Gasteiger partial charge >= 0.3 is 5.97 Å². The Morgan fingerprint density at radius 3 is 2.70 bits per heavy atom. The van der Waals surface area contributed by atoms with Crippen LogP contribution in [0.15, 0.2) is 18.2 Å². The molecule has 6 nitrogen and oxygen atoms in total. The number of rotatable bonds is 4. The Morgan fingerprint density at radius 2 is 2.10 bits per heavy atom. The van der Waals surface area contributed by atoms with Gasteiger partial charge in [-0.2, -0.15) is 5.10 Å². The van der Waals surface area contributed by atoms with Gasteiger partial charge in [-0.25, -0.2) is 4.79 Å². The number of aryl methyl sites for hydroxylation is 2. The molecule has 0 radical (unpaired) electrons. The topological polar surface area (TPSA) is 73.2 Å². The van der Waals surface area contributed by atoms with Crippen LogP contribution in [0.5, 0.6) is 0 Å². The van der Waals surface area contributed by atoms with E-state index in [-0.39, 0.29) is 5.91 Å². The van der Waals surface area contributed by atoms with Crippen molar-refractivity contribution in [2.45, 2.75) is 13.5 Å². The molecule has 1 N–H and O–H groups in total. The van der Waals surface area contributed by atoms with E-state index in [9.17, 15) is 9.59 Å². The molecule has 2 aromatic heterocycles. The molecule has 2 aromatic rings. The molecular weight excluding hydrogens is 278 g/mol. The molecule has 1 amide bonds. The number of nitrogens with one attached hydrogen (secondary N) is 1. The molecule has 0 bridgehead atoms. The minimum Gasteiger partial charge on any atom is -0.465 e. The molecule has 0 aromatic carbocycles. The average molecular weight is 293 g/mol. The van der Waals surface area contributed by atoms with Crippen LogP contribution in [0, 0.1) is 6.92 Å². The van der Waals surface area contributed by atoms with Gasteiger partial charge in [-0.1, -0.05) is 0 Å². The van der Waals surface area contributed by atoms with Crippen molar-refractivity contribution in [1.29, 1.82) is 0 Å². The van der Waals surface area contributed by atoms with E-state index in [2.05, 4.69) is 15.2 Å². The molecule has 0 aliphatic carbocycles. The van der Waals surface area contributed by atoms with E-state index >= 15 is 0 Å². The van der Waals surface area contributed by atoms with Gasteiger partial charge in [-0.15, -0.1) is 11.3 Å². The monoisotopic (exact) mass is 293 g/mol. The van der Waals surface area contributed by atoms with Crippen molar-refractivity contribution in [2.24, 2.45) is 7.05 Å². The number of ether oxygens (including phenoxy) is 1. The third kappa shape index (κ3) is 3.05. The second-order valence-corrected chi connectivity index (χ2v) is 5.32. The predicted molar refractivity (Wildman–Crippen MR) is 74.8 cm³/mol. The molecule has 0 atom stereocenters. The number of esters is 1. The summed E-state index contributed by atoms with van der Waals surface area (Å²) >= 11 is 1.10. The number of amides is 1. The van der Waals surface area contributed by atoms with E-state index in [0.29, 0.717) is 16.3 Å². The summed E-state index contributed by atoms with van der Waals surface area (Å²) in [6.07, 6.45) is 0. The van der Waals surface area contributed by atoms with Crippen LogP contribution in [-0.4, -0.2) is 28.8 Å². The summed E-state index contributed by atoms with van der Waals surface area (Å²) < 4.78 is 6.35. The van der Waals surface area contributed by atoms with E-state index in [4.69, 9.17) is 0 Å². The lowest BCUT2D eigenvalue weighted by Crippen LogP contribution is -2.22. The molecule has 20 heavy (non-hydrogen) atoms. The summed E-state index contributed by atoms with van der Waals surface area (Å²) in [7, 11) is 3.16. The molecule has 0 spiro atoms. The van der Waals surface area contributed by atoms with Crippen LogP contribution in [0.4, 0.5) is 0 Å². The van der Waals surface area contributed by atoms with Crippen molar-refractivity contribution in [1.82, 2.24) is 15.1 Å². The third-order valence-electron chi connectivity index (χ3n) is 2.81. The lowest BCUT2D eigenvalue weighted by atomic mass is 10.3. The van der Waals surface area contributed by atoms with Gasteiger partial charge in [0, 0.05) is 12.7 Å². The largest absolute Gasteiger partial charge is 0.465 e. The molecule has 7 heteroatoms. The first-order chi connectivity index (χ1) is 9.51. The number of hydrogen-bond donors (Lipinski definition) is 1. The van der Waals surface area contributed by atoms with Gasteiger partial charge in [-0.05, 0) is 25.1 Å². The van der Waals surface area contributed by atoms with E-state index in [1.54, 1.807) is 16.8 Å². The summed E-state index contributed by atoms with van der Waals surface area (Å²) in [6.45, 7) is 2.30. The Hall–Kier alpha value is -2.15. The Morgan fingerprint density at radius 1 is 1.40 bits per heavy atom. The van der Waals surface area contributed by atoms with Gasteiger partial charge in [0.1, 0.15) is 4.88 Å². The lowest BCUT2D eigenvalue weighted by Gasteiger charge is -2.00. The first-order valence-corrected chi connectivity index (χ1v) is 6.78. The van der Waals surface area contributed by atoms with Gasteiger partial charge in [-0.3, -0.25) is 9.48 Å². The minimum absolute atomic E-state index is 0.228. The Labute approximate surface area is 120 Å². The smallest absolute Gasteiger partial charge is 0.348 e. The van der Waals surface area contributed by atoms with Crippen molar-refractivity contribution >= 4 is 23.2 Å². The first-order valence-electron chi connectivity index (χ1n) is 5.97. The van der Waals surface area contributed by atoms with E-state index in [1.807, 2.05) is 20.0 Å². The molecule has 0 saturated carbocycles. The quantitative estimate of drug-likeness (QED) is 0.867. The van der Waals surface area contributed by atoms with Crippen molar-refractivity contribution in [3.8, 4) is 0 Å².